The zero-order valence-corrected chi connectivity index (χ0v) is 19.4. The van der Waals surface area contributed by atoms with Crippen LogP contribution in [0.4, 0.5) is 0 Å². The fourth-order valence-electron chi connectivity index (χ4n) is 3.34. The Balaban J connectivity index is 2.07. The standard InChI is InChI=1S/C25H34N2O2S/c1-5-23(25(29)26-19(2)3)27(17-22-14-10-9-11-20(22)4)24(28)15-16-30-18-21-12-7-6-8-13-21/h6-14,19,23H,5,15-18H2,1-4H3,(H,26,29). The summed E-state index contributed by atoms with van der Waals surface area (Å²) in [6.07, 6.45) is 1.02. The van der Waals surface area contributed by atoms with Crippen LogP contribution in [0, 0.1) is 6.92 Å². The van der Waals surface area contributed by atoms with Crippen LogP contribution in [-0.2, 0) is 21.9 Å². The molecule has 30 heavy (non-hydrogen) atoms. The second-order valence-electron chi connectivity index (χ2n) is 7.82. The molecule has 1 atom stereocenters. The highest BCUT2D eigenvalue weighted by Gasteiger charge is 2.28. The molecule has 1 unspecified atom stereocenters. The van der Waals surface area contributed by atoms with E-state index in [0.29, 0.717) is 19.4 Å². The van der Waals surface area contributed by atoms with Gasteiger partial charge in [-0.1, -0.05) is 61.5 Å². The number of nitrogens with one attached hydrogen (secondary N) is 1. The molecular weight excluding hydrogens is 392 g/mol. The minimum absolute atomic E-state index is 0.0320. The van der Waals surface area contributed by atoms with Crippen LogP contribution in [-0.4, -0.2) is 34.6 Å². The minimum Gasteiger partial charge on any atom is -0.352 e. The van der Waals surface area contributed by atoms with Crippen molar-refractivity contribution in [3.8, 4) is 0 Å². The molecule has 2 aromatic rings. The smallest absolute Gasteiger partial charge is 0.243 e. The van der Waals surface area contributed by atoms with Crippen molar-refractivity contribution < 1.29 is 9.59 Å². The summed E-state index contributed by atoms with van der Waals surface area (Å²) in [5.74, 6) is 1.58. The van der Waals surface area contributed by atoms with Gasteiger partial charge < -0.3 is 10.2 Å². The number of nitrogens with zero attached hydrogens (tertiary/aromatic N) is 1. The summed E-state index contributed by atoms with van der Waals surface area (Å²) < 4.78 is 0. The number of rotatable bonds is 11. The Hall–Kier alpha value is -2.27. The summed E-state index contributed by atoms with van der Waals surface area (Å²) in [5, 5.41) is 2.98. The predicted octanol–water partition coefficient (Wildman–Crippen LogP) is 4.95. The van der Waals surface area contributed by atoms with E-state index in [1.54, 1.807) is 16.7 Å². The van der Waals surface area contributed by atoms with E-state index in [0.717, 1.165) is 22.6 Å². The second-order valence-corrected chi connectivity index (χ2v) is 8.93. The molecule has 1 N–H and O–H groups in total. The Morgan fingerprint density at radius 3 is 2.33 bits per heavy atom. The molecule has 4 nitrogen and oxygen atoms in total. The van der Waals surface area contributed by atoms with Gasteiger partial charge in [-0.3, -0.25) is 9.59 Å². The van der Waals surface area contributed by atoms with E-state index in [1.165, 1.54) is 5.56 Å². The fraction of sp³-hybridized carbons (Fsp3) is 0.440. The fourth-order valence-corrected chi connectivity index (χ4v) is 4.23. The van der Waals surface area contributed by atoms with Gasteiger partial charge in [-0.15, -0.1) is 0 Å². The van der Waals surface area contributed by atoms with Gasteiger partial charge in [0.2, 0.25) is 11.8 Å². The van der Waals surface area contributed by atoms with Gasteiger partial charge in [-0.25, -0.2) is 0 Å². The van der Waals surface area contributed by atoms with Gasteiger partial charge >= 0.3 is 0 Å². The molecule has 5 heteroatoms. The Bertz CT molecular complexity index is 808. The zero-order chi connectivity index (χ0) is 21.9. The summed E-state index contributed by atoms with van der Waals surface area (Å²) in [5.41, 5.74) is 3.47. The van der Waals surface area contributed by atoms with Crippen molar-refractivity contribution >= 4 is 23.6 Å². The van der Waals surface area contributed by atoms with Crippen LogP contribution in [0.2, 0.25) is 0 Å². The van der Waals surface area contributed by atoms with Gasteiger partial charge in [0, 0.05) is 30.5 Å². The lowest BCUT2D eigenvalue weighted by Gasteiger charge is -2.31. The summed E-state index contributed by atoms with van der Waals surface area (Å²) in [7, 11) is 0. The second kappa shape index (κ2) is 12.4. The van der Waals surface area contributed by atoms with Crippen molar-refractivity contribution in [1.82, 2.24) is 10.2 Å². The Morgan fingerprint density at radius 2 is 1.70 bits per heavy atom. The highest BCUT2D eigenvalue weighted by Crippen LogP contribution is 2.18. The lowest BCUT2D eigenvalue weighted by atomic mass is 10.1. The number of hydrogen-bond donors (Lipinski definition) is 1. The normalized spacial score (nSPS) is 11.9. The highest BCUT2D eigenvalue weighted by molar-refractivity contribution is 7.98. The largest absolute Gasteiger partial charge is 0.352 e. The van der Waals surface area contributed by atoms with Crippen LogP contribution in [0.3, 0.4) is 0 Å². The summed E-state index contributed by atoms with van der Waals surface area (Å²) >= 11 is 1.75. The molecule has 0 saturated carbocycles. The quantitative estimate of drug-likeness (QED) is 0.517. The van der Waals surface area contributed by atoms with Gasteiger partial charge in [-0.2, -0.15) is 11.8 Å². The third-order valence-electron chi connectivity index (χ3n) is 4.99. The molecule has 0 fully saturated rings. The molecule has 162 valence electrons. The van der Waals surface area contributed by atoms with E-state index in [2.05, 4.69) is 17.4 Å². The van der Waals surface area contributed by atoms with Crippen molar-refractivity contribution in [1.29, 1.82) is 0 Å². The molecule has 0 bridgehead atoms. The van der Waals surface area contributed by atoms with Crippen molar-refractivity contribution in [2.75, 3.05) is 5.75 Å². The van der Waals surface area contributed by atoms with Crippen LogP contribution in [0.5, 0.6) is 0 Å². The highest BCUT2D eigenvalue weighted by atomic mass is 32.2. The van der Waals surface area contributed by atoms with Crippen LogP contribution in [0.1, 0.15) is 50.3 Å². The van der Waals surface area contributed by atoms with Gasteiger partial charge in [0.15, 0.2) is 0 Å². The first-order chi connectivity index (χ1) is 14.4. The van der Waals surface area contributed by atoms with Crippen LogP contribution in [0.25, 0.3) is 0 Å². The molecule has 0 aliphatic heterocycles. The number of carbonyl (C=O) groups excluding carboxylic acids is 2. The lowest BCUT2D eigenvalue weighted by molar-refractivity contribution is -0.141. The third kappa shape index (κ3) is 7.52. The summed E-state index contributed by atoms with van der Waals surface area (Å²) in [6.45, 7) is 8.35. The molecule has 0 spiro atoms. The molecule has 0 heterocycles. The maximum absolute atomic E-state index is 13.2. The predicted molar refractivity (Wildman–Crippen MR) is 126 cm³/mol. The van der Waals surface area contributed by atoms with E-state index >= 15 is 0 Å². The number of aryl methyl sites for hydroxylation is 1. The van der Waals surface area contributed by atoms with Crippen molar-refractivity contribution in [3.05, 3.63) is 71.3 Å². The minimum atomic E-state index is -0.460. The van der Waals surface area contributed by atoms with Crippen LogP contribution >= 0.6 is 11.8 Å². The van der Waals surface area contributed by atoms with E-state index in [-0.39, 0.29) is 17.9 Å². The van der Waals surface area contributed by atoms with E-state index in [1.807, 2.05) is 70.2 Å². The first-order valence-corrected chi connectivity index (χ1v) is 11.8. The first-order valence-electron chi connectivity index (χ1n) is 10.7. The Morgan fingerprint density at radius 1 is 1.03 bits per heavy atom. The van der Waals surface area contributed by atoms with Gasteiger partial charge in [0.05, 0.1) is 0 Å². The van der Waals surface area contributed by atoms with Gasteiger partial charge in [-0.05, 0) is 43.9 Å². The number of amides is 2. The van der Waals surface area contributed by atoms with Gasteiger partial charge in [0.1, 0.15) is 6.04 Å². The molecule has 0 aliphatic rings. The maximum atomic E-state index is 13.2. The van der Waals surface area contributed by atoms with E-state index in [4.69, 9.17) is 0 Å². The molecule has 2 aromatic carbocycles. The average molecular weight is 427 g/mol. The van der Waals surface area contributed by atoms with Crippen molar-refractivity contribution in [3.63, 3.8) is 0 Å². The first kappa shape index (κ1) is 24.0. The average Bonchev–Trinajstić information content (AvgIpc) is 2.72. The lowest BCUT2D eigenvalue weighted by Crippen LogP contribution is -2.50. The Labute approximate surface area is 185 Å². The molecule has 0 aliphatic carbocycles. The van der Waals surface area contributed by atoms with Crippen LogP contribution < -0.4 is 5.32 Å². The number of benzene rings is 2. The number of carbonyl (C=O) groups is 2. The maximum Gasteiger partial charge on any atom is 0.243 e. The molecule has 2 rings (SSSR count). The van der Waals surface area contributed by atoms with Gasteiger partial charge in [0.25, 0.3) is 0 Å². The topological polar surface area (TPSA) is 49.4 Å². The molecular formula is C25H34N2O2S. The zero-order valence-electron chi connectivity index (χ0n) is 18.6. The van der Waals surface area contributed by atoms with E-state index in [9.17, 15) is 9.59 Å². The summed E-state index contributed by atoms with van der Waals surface area (Å²) in [4.78, 5) is 27.8. The summed E-state index contributed by atoms with van der Waals surface area (Å²) in [6, 6.07) is 17.9. The molecule has 0 radical (unpaired) electrons. The van der Waals surface area contributed by atoms with Crippen molar-refractivity contribution in [2.24, 2.45) is 0 Å². The number of hydrogen-bond acceptors (Lipinski definition) is 3. The Kier molecular flexibility index (Phi) is 9.95. The van der Waals surface area contributed by atoms with E-state index < -0.39 is 6.04 Å². The molecule has 2 amide bonds. The number of thioether (sulfide) groups is 1. The van der Waals surface area contributed by atoms with Crippen LogP contribution in [0.15, 0.2) is 54.6 Å². The molecule has 0 aromatic heterocycles. The SMILES string of the molecule is CCC(C(=O)NC(C)C)N(Cc1ccccc1C)C(=O)CCSCc1ccccc1. The third-order valence-corrected chi connectivity index (χ3v) is 6.02. The van der Waals surface area contributed by atoms with Crippen molar-refractivity contribution in [2.45, 2.75) is 64.9 Å². The monoisotopic (exact) mass is 426 g/mol. The molecule has 0 saturated heterocycles.